The lowest BCUT2D eigenvalue weighted by Crippen LogP contribution is -2.15. The lowest BCUT2D eigenvalue weighted by Gasteiger charge is -2.12. The van der Waals surface area contributed by atoms with Crippen LogP contribution in [0.1, 0.15) is 6.42 Å². The molecule has 5 nitrogen and oxygen atoms in total. The van der Waals surface area contributed by atoms with Crippen LogP contribution >= 0.6 is 23.4 Å². The molecule has 0 aliphatic rings. The molecule has 21 heavy (non-hydrogen) atoms. The van der Waals surface area contributed by atoms with Gasteiger partial charge in [-0.3, -0.25) is 9.48 Å². The molecule has 0 atom stereocenters. The first-order valence-electron chi connectivity index (χ1n) is 5.92. The molecule has 1 N–H and O–H groups in total. The Labute approximate surface area is 128 Å². The molecule has 0 radical (unpaired) electrons. The van der Waals surface area contributed by atoms with E-state index in [1.807, 2.05) is 0 Å². The number of carbonyl (C=O) groups is 1. The molecule has 0 spiro atoms. The monoisotopic (exact) mass is 332 g/mol. The Bertz CT molecular complexity index is 609. The van der Waals surface area contributed by atoms with Crippen LogP contribution in [0.4, 0.5) is 14.5 Å². The molecule has 0 aliphatic carbocycles. The second-order valence-corrected chi connectivity index (χ2v) is 5.36. The predicted molar refractivity (Wildman–Crippen MR) is 76.6 cm³/mol. The van der Waals surface area contributed by atoms with Crippen molar-refractivity contribution in [3.63, 3.8) is 0 Å². The zero-order valence-corrected chi connectivity index (χ0v) is 12.2. The first kappa shape index (κ1) is 15.7. The van der Waals surface area contributed by atoms with Gasteiger partial charge in [-0.25, -0.2) is 4.98 Å². The molecule has 9 heteroatoms. The van der Waals surface area contributed by atoms with Crippen molar-refractivity contribution in [2.24, 2.45) is 0 Å². The minimum absolute atomic E-state index is 0.147. The smallest absolute Gasteiger partial charge is 0.289 e. The Kier molecular flexibility index (Phi) is 5.51. The minimum atomic E-state index is -2.62. The number of rotatable bonds is 6. The van der Waals surface area contributed by atoms with Gasteiger partial charge in [-0.05, 0) is 12.1 Å². The zero-order chi connectivity index (χ0) is 15.2. The summed E-state index contributed by atoms with van der Waals surface area (Å²) in [6, 6.07) is 4.62. The van der Waals surface area contributed by atoms with E-state index < -0.39 is 5.76 Å². The van der Waals surface area contributed by atoms with Gasteiger partial charge in [0.1, 0.15) is 12.7 Å². The summed E-state index contributed by atoms with van der Waals surface area (Å²) in [4.78, 5) is 15.8. The maximum Gasteiger partial charge on any atom is 0.289 e. The molecule has 0 fully saturated rings. The molecular weight excluding hydrogens is 322 g/mol. The normalized spacial score (nSPS) is 10.9. The van der Waals surface area contributed by atoms with Crippen LogP contribution < -0.4 is 5.32 Å². The van der Waals surface area contributed by atoms with Crippen LogP contribution in [0.2, 0.25) is 5.02 Å². The van der Waals surface area contributed by atoms with E-state index in [4.69, 9.17) is 11.6 Å². The number of amides is 1. The van der Waals surface area contributed by atoms with Gasteiger partial charge in [-0.15, -0.1) is 0 Å². The highest BCUT2D eigenvalue weighted by molar-refractivity contribution is 7.99. The molecule has 0 saturated heterocycles. The number of thioether (sulfide) groups is 1. The number of hydrogen-bond donors (Lipinski definition) is 1. The van der Waals surface area contributed by atoms with Crippen molar-refractivity contribution in [2.45, 2.75) is 23.6 Å². The van der Waals surface area contributed by atoms with Gasteiger partial charge in [-0.1, -0.05) is 29.4 Å². The van der Waals surface area contributed by atoms with E-state index in [9.17, 15) is 13.6 Å². The summed E-state index contributed by atoms with van der Waals surface area (Å²) in [7, 11) is 0. The summed E-state index contributed by atoms with van der Waals surface area (Å²) in [5.41, 5.74) is 0.274. The van der Waals surface area contributed by atoms with Gasteiger partial charge >= 0.3 is 0 Å². The number of aromatic nitrogens is 3. The average molecular weight is 333 g/mol. The fraction of sp³-hybridized carbons (Fsp3) is 0.250. The Hall–Kier alpha value is -1.67. The molecule has 1 aromatic heterocycles. The first-order chi connectivity index (χ1) is 10.1. The number of carbonyl (C=O) groups excluding carboxylic acids is 1. The number of benzene rings is 1. The van der Waals surface area contributed by atoms with Gasteiger partial charge in [0, 0.05) is 6.42 Å². The van der Waals surface area contributed by atoms with Crippen molar-refractivity contribution in [2.75, 3.05) is 5.32 Å². The SMILES string of the molecule is O=C(CCn1cncn1)Nc1cccc(Cl)c1SC(F)F. The highest BCUT2D eigenvalue weighted by atomic mass is 35.5. The maximum absolute atomic E-state index is 12.5. The Morgan fingerprint density at radius 2 is 2.29 bits per heavy atom. The second kappa shape index (κ2) is 7.37. The Balaban J connectivity index is 2.01. The molecule has 0 aliphatic heterocycles. The second-order valence-electron chi connectivity index (χ2n) is 3.95. The number of hydrogen-bond acceptors (Lipinski definition) is 4. The van der Waals surface area contributed by atoms with Crippen LogP contribution in [-0.4, -0.2) is 26.4 Å². The quantitative estimate of drug-likeness (QED) is 0.825. The average Bonchev–Trinajstić information content (AvgIpc) is 2.93. The summed E-state index contributed by atoms with van der Waals surface area (Å²) in [5.74, 6) is -2.93. The van der Waals surface area contributed by atoms with Crippen molar-refractivity contribution in [3.05, 3.63) is 35.9 Å². The molecule has 2 aromatic rings. The zero-order valence-electron chi connectivity index (χ0n) is 10.7. The molecule has 112 valence electrons. The number of anilines is 1. The summed E-state index contributed by atoms with van der Waals surface area (Å²) < 4.78 is 26.6. The molecule has 0 unspecified atom stereocenters. The van der Waals surface area contributed by atoms with Crippen molar-refractivity contribution < 1.29 is 13.6 Å². The van der Waals surface area contributed by atoms with E-state index in [2.05, 4.69) is 15.4 Å². The van der Waals surface area contributed by atoms with Crippen LogP contribution in [0.5, 0.6) is 0 Å². The van der Waals surface area contributed by atoms with Gasteiger partial charge in [0.2, 0.25) is 5.91 Å². The largest absolute Gasteiger partial charge is 0.325 e. The molecule has 1 amide bonds. The number of halogens is 3. The summed E-state index contributed by atoms with van der Waals surface area (Å²) >= 11 is 6.19. The van der Waals surface area contributed by atoms with Crippen LogP contribution in [0.15, 0.2) is 35.7 Å². The number of nitrogens with one attached hydrogen (secondary N) is 1. The van der Waals surface area contributed by atoms with Crippen LogP contribution in [0, 0.1) is 0 Å². The number of alkyl halides is 2. The highest BCUT2D eigenvalue weighted by Crippen LogP contribution is 2.37. The van der Waals surface area contributed by atoms with Crippen LogP contribution in [0.25, 0.3) is 0 Å². The van der Waals surface area contributed by atoms with Gasteiger partial charge in [-0.2, -0.15) is 13.9 Å². The number of nitrogens with zero attached hydrogens (tertiary/aromatic N) is 3. The predicted octanol–water partition coefficient (Wildman–Crippen LogP) is 3.28. The highest BCUT2D eigenvalue weighted by Gasteiger charge is 2.15. The summed E-state index contributed by atoms with van der Waals surface area (Å²) in [6.45, 7) is 0.351. The fourth-order valence-corrected chi connectivity index (χ4v) is 2.51. The Morgan fingerprint density at radius 1 is 1.48 bits per heavy atom. The van der Waals surface area contributed by atoms with Gasteiger partial charge in [0.05, 0.1) is 22.2 Å². The molecule has 0 bridgehead atoms. The lowest BCUT2D eigenvalue weighted by atomic mass is 10.3. The third kappa shape index (κ3) is 4.68. The van der Waals surface area contributed by atoms with Crippen molar-refractivity contribution in [1.29, 1.82) is 0 Å². The molecule has 1 aromatic carbocycles. The van der Waals surface area contributed by atoms with E-state index >= 15 is 0 Å². The molecule has 1 heterocycles. The third-order valence-corrected chi connectivity index (χ3v) is 3.76. The van der Waals surface area contributed by atoms with Gasteiger partial charge < -0.3 is 5.32 Å². The summed E-state index contributed by atoms with van der Waals surface area (Å²) in [6.07, 6.45) is 3.01. The lowest BCUT2D eigenvalue weighted by molar-refractivity contribution is -0.116. The van der Waals surface area contributed by atoms with Crippen molar-refractivity contribution >= 4 is 35.0 Å². The van der Waals surface area contributed by atoms with E-state index in [0.717, 1.165) is 0 Å². The van der Waals surface area contributed by atoms with E-state index in [0.29, 0.717) is 18.3 Å². The molecule has 0 saturated carbocycles. The van der Waals surface area contributed by atoms with Crippen LogP contribution in [-0.2, 0) is 11.3 Å². The third-order valence-electron chi connectivity index (χ3n) is 2.48. The van der Waals surface area contributed by atoms with Crippen LogP contribution in [0.3, 0.4) is 0 Å². The minimum Gasteiger partial charge on any atom is -0.325 e. The van der Waals surface area contributed by atoms with Crippen molar-refractivity contribution in [1.82, 2.24) is 14.8 Å². The molecular formula is C12H11ClF2N4OS. The maximum atomic E-state index is 12.5. The summed E-state index contributed by atoms with van der Waals surface area (Å²) in [5, 5.41) is 6.62. The van der Waals surface area contributed by atoms with E-state index in [1.165, 1.54) is 29.5 Å². The van der Waals surface area contributed by atoms with Crippen molar-refractivity contribution in [3.8, 4) is 0 Å². The standard InChI is InChI=1S/C12H11ClF2N4OS/c13-8-2-1-3-9(11(8)21-12(14)15)18-10(20)4-5-19-7-16-6-17-19/h1-3,6-7,12H,4-5H2,(H,18,20). The van der Waals surface area contributed by atoms with Gasteiger partial charge in [0.15, 0.2) is 0 Å². The first-order valence-corrected chi connectivity index (χ1v) is 7.17. The van der Waals surface area contributed by atoms with E-state index in [1.54, 1.807) is 6.07 Å². The Morgan fingerprint density at radius 3 is 2.95 bits per heavy atom. The number of aryl methyl sites for hydroxylation is 1. The topological polar surface area (TPSA) is 59.8 Å². The van der Waals surface area contributed by atoms with Gasteiger partial charge in [0.25, 0.3) is 5.76 Å². The molecule has 2 rings (SSSR count). The fourth-order valence-electron chi connectivity index (χ4n) is 1.59. The van der Waals surface area contributed by atoms with E-state index in [-0.39, 0.29) is 27.9 Å².